The van der Waals surface area contributed by atoms with Crippen LogP contribution in [0.1, 0.15) is 47.0 Å². The van der Waals surface area contributed by atoms with E-state index in [0.29, 0.717) is 25.9 Å². The number of rotatable bonds is 17. The number of nitrogens with two attached hydrogens (primary N) is 2. The van der Waals surface area contributed by atoms with Crippen LogP contribution in [-0.4, -0.2) is 88.9 Å². The van der Waals surface area contributed by atoms with E-state index in [1.165, 1.54) is 6.92 Å². The van der Waals surface area contributed by atoms with Crippen LogP contribution < -0.4 is 22.1 Å². The highest BCUT2D eigenvalue weighted by Crippen LogP contribution is 2.13. The number of carbonyl (C=O) groups excluding carboxylic acids is 3. The van der Waals surface area contributed by atoms with Crippen molar-refractivity contribution in [3.8, 4) is 12.0 Å². The molecule has 11 nitrogen and oxygen atoms in total. The van der Waals surface area contributed by atoms with Gasteiger partial charge in [0.1, 0.15) is 12.1 Å². The highest BCUT2D eigenvalue weighted by molar-refractivity contribution is 5.82. The van der Waals surface area contributed by atoms with E-state index in [4.69, 9.17) is 16.6 Å². The van der Waals surface area contributed by atoms with E-state index in [9.17, 15) is 24.6 Å². The quantitative estimate of drug-likeness (QED) is 0.0954. The van der Waals surface area contributed by atoms with Gasteiger partial charge in [-0.25, -0.2) is 0 Å². The summed E-state index contributed by atoms with van der Waals surface area (Å²) in [6, 6.07) is -1.76. The van der Waals surface area contributed by atoms with Crippen LogP contribution in [0.3, 0.4) is 0 Å². The monoisotopic (exact) mass is 485 g/mol. The Balaban J connectivity index is 4.95. The Kier molecular flexibility index (Phi) is 15.9. The van der Waals surface area contributed by atoms with Gasteiger partial charge in [0.15, 0.2) is 0 Å². The fourth-order valence-corrected chi connectivity index (χ4v) is 3.43. The number of hydrogen-bond donors (Lipinski definition) is 7. The first-order valence-electron chi connectivity index (χ1n) is 11.8. The first kappa shape index (κ1) is 31.6. The molecule has 3 amide bonds. The van der Waals surface area contributed by atoms with Crippen LogP contribution in [0.25, 0.3) is 0 Å². The molecule has 6 atom stereocenters. The normalized spacial score (nSPS) is 16.2. The van der Waals surface area contributed by atoms with Crippen LogP contribution in [0.2, 0.25) is 0 Å². The van der Waals surface area contributed by atoms with E-state index >= 15 is 0 Å². The molecule has 3 unspecified atom stereocenters. The first-order valence-corrected chi connectivity index (χ1v) is 11.8. The van der Waals surface area contributed by atoms with Crippen molar-refractivity contribution in [2.45, 2.75) is 65.1 Å². The number of aliphatic hydroxyl groups excluding tert-OH is 3. The van der Waals surface area contributed by atoms with Crippen molar-refractivity contribution >= 4 is 17.7 Å². The molecule has 0 aromatic carbocycles. The SMILES string of the molecule is CCCN(CC(C#CO)CN[C@H](C(N)=O)C(C)CO)C(=O)[C@H](C)CCCNC(=O)C(N)[C@@H](C)O. The fourth-order valence-electron chi connectivity index (χ4n) is 3.43. The Morgan fingerprint density at radius 2 is 1.82 bits per heavy atom. The summed E-state index contributed by atoms with van der Waals surface area (Å²) >= 11 is 0. The van der Waals surface area contributed by atoms with Crippen molar-refractivity contribution in [3.05, 3.63) is 0 Å². The van der Waals surface area contributed by atoms with Gasteiger partial charge in [-0.1, -0.05) is 26.7 Å². The summed E-state index contributed by atoms with van der Waals surface area (Å²) in [5, 5.41) is 33.5. The lowest BCUT2D eigenvalue weighted by molar-refractivity contribution is -0.135. The number of aliphatic hydroxyl groups is 3. The Morgan fingerprint density at radius 3 is 2.32 bits per heavy atom. The zero-order valence-corrected chi connectivity index (χ0v) is 20.8. The van der Waals surface area contributed by atoms with Crippen molar-refractivity contribution in [2.75, 3.05) is 32.8 Å². The number of amides is 3. The summed E-state index contributed by atoms with van der Waals surface area (Å²) in [5.74, 6) is 0.374. The van der Waals surface area contributed by atoms with Crippen molar-refractivity contribution in [1.82, 2.24) is 15.5 Å². The summed E-state index contributed by atoms with van der Waals surface area (Å²) in [4.78, 5) is 38.2. The Labute approximate surface area is 202 Å². The van der Waals surface area contributed by atoms with Crippen LogP contribution in [0.15, 0.2) is 0 Å². The molecule has 196 valence electrons. The van der Waals surface area contributed by atoms with Crippen LogP contribution in [-0.2, 0) is 14.4 Å². The van der Waals surface area contributed by atoms with Crippen molar-refractivity contribution in [2.24, 2.45) is 29.2 Å². The highest BCUT2D eigenvalue weighted by Gasteiger charge is 2.26. The highest BCUT2D eigenvalue weighted by atomic mass is 16.3. The van der Waals surface area contributed by atoms with E-state index in [1.807, 2.05) is 20.0 Å². The molecule has 34 heavy (non-hydrogen) atoms. The molecule has 0 aromatic heterocycles. The second kappa shape index (κ2) is 17.1. The maximum atomic E-state index is 13.0. The van der Waals surface area contributed by atoms with Crippen molar-refractivity contribution < 1.29 is 29.7 Å². The van der Waals surface area contributed by atoms with Crippen LogP contribution in [0.5, 0.6) is 0 Å². The molecule has 11 heteroatoms. The maximum absolute atomic E-state index is 13.0. The summed E-state index contributed by atoms with van der Waals surface area (Å²) in [5.41, 5.74) is 11.0. The summed E-state index contributed by atoms with van der Waals surface area (Å²) in [6.45, 7) is 7.95. The van der Waals surface area contributed by atoms with Gasteiger partial charge in [-0.3, -0.25) is 14.4 Å². The average molecular weight is 486 g/mol. The number of hydrogen-bond acceptors (Lipinski definition) is 8. The Bertz CT molecular complexity index is 693. The predicted octanol–water partition coefficient (Wildman–Crippen LogP) is -1.51. The smallest absolute Gasteiger partial charge is 0.239 e. The molecule has 0 fully saturated rings. The van der Waals surface area contributed by atoms with E-state index in [2.05, 4.69) is 16.6 Å². The molecule has 0 radical (unpaired) electrons. The van der Waals surface area contributed by atoms with E-state index in [0.717, 1.165) is 6.42 Å². The fraction of sp³-hybridized carbons (Fsp3) is 0.783. The molecule has 9 N–H and O–H groups in total. The number of nitrogens with zero attached hydrogens (tertiary/aromatic N) is 1. The van der Waals surface area contributed by atoms with Gasteiger partial charge in [-0.2, -0.15) is 0 Å². The lowest BCUT2D eigenvalue weighted by atomic mass is 10.00. The number of carbonyl (C=O) groups is 3. The van der Waals surface area contributed by atoms with Gasteiger partial charge >= 0.3 is 0 Å². The summed E-state index contributed by atoms with van der Waals surface area (Å²) in [7, 11) is 0. The van der Waals surface area contributed by atoms with Gasteiger partial charge in [0.2, 0.25) is 17.7 Å². The number of primary amides is 1. The van der Waals surface area contributed by atoms with Crippen LogP contribution in [0, 0.1) is 29.8 Å². The third-order valence-corrected chi connectivity index (χ3v) is 5.62. The zero-order chi connectivity index (χ0) is 26.3. The van der Waals surface area contributed by atoms with Crippen LogP contribution >= 0.6 is 0 Å². The third kappa shape index (κ3) is 11.7. The molecule has 0 aliphatic heterocycles. The minimum atomic E-state index is -0.994. The van der Waals surface area contributed by atoms with E-state index in [1.54, 1.807) is 11.8 Å². The Hall–Kier alpha value is -2.39. The lowest BCUT2D eigenvalue weighted by Crippen LogP contribution is -2.49. The van der Waals surface area contributed by atoms with Crippen molar-refractivity contribution in [3.63, 3.8) is 0 Å². The van der Waals surface area contributed by atoms with Crippen LogP contribution in [0.4, 0.5) is 0 Å². The minimum absolute atomic E-state index is 0.0752. The van der Waals surface area contributed by atoms with E-state index < -0.39 is 41.8 Å². The molecule has 0 saturated carbocycles. The molecule has 0 aromatic rings. The van der Waals surface area contributed by atoms with Crippen molar-refractivity contribution in [1.29, 1.82) is 0 Å². The van der Waals surface area contributed by atoms with Gasteiger partial charge in [0.25, 0.3) is 0 Å². The topological polar surface area (TPSA) is 191 Å². The van der Waals surface area contributed by atoms with Gasteiger partial charge in [-0.05, 0) is 26.2 Å². The summed E-state index contributed by atoms with van der Waals surface area (Å²) in [6.07, 6.45) is 2.77. The summed E-state index contributed by atoms with van der Waals surface area (Å²) < 4.78 is 0. The molecular formula is C23H43N5O6. The molecule has 0 aliphatic rings. The molecular weight excluding hydrogens is 442 g/mol. The zero-order valence-electron chi connectivity index (χ0n) is 20.8. The second-order valence-electron chi connectivity index (χ2n) is 8.79. The van der Waals surface area contributed by atoms with Gasteiger partial charge < -0.3 is 42.3 Å². The maximum Gasteiger partial charge on any atom is 0.239 e. The predicted molar refractivity (Wildman–Crippen MR) is 128 cm³/mol. The Morgan fingerprint density at radius 1 is 1.18 bits per heavy atom. The molecule has 0 heterocycles. The largest absolute Gasteiger partial charge is 0.462 e. The van der Waals surface area contributed by atoms with Gasteiger partial charge in [-0.15, -0.1) is 0 Å². The minimum Gasteiger partial charge on any atom is -0.462 e. The van der Waals surface area contributed by atoms with Gasteiger partial charge in [0, 0.05) is 44.6 Å². The molecule has 0 aliphatic carbocycles. The third-order valence-electron chi connectivity index (χ3n) is 5.62. The first-order chi connectivity index (χ1) is 16.0. The molecule has 0 bridgehead atoms. The second-order valence-corrected chi connectivity index (χ2v) is 8.79. The molecule has 0 spiro atoms. The molecule has 0 saturated heterocycles. The van der Waals surface area contributed by atoms with E-state index in [-0.39, 0.29) is 31.5 Å². The lowest BCUT2D eigenvalue weighted by Gasteiger charge is -2.29. The average Bonchev–Trinajstić information content (AvgIpc) is 2.79. The van der Waals surface area contributed by atoms with Gasteiger partial charge in [0.05, 0.1) is 18.1 Å². The number of nitrogens with one attached hydrogen (secondary N) is 2. The molecule has 0 rings (SSSR count). The standard InChI is InChI=1S/C23H43N5O6/c1-5-10-28(13-18(8-11-29)12-27-20(21(25)32)16(3)14-30)23(34)15(2)7-6-9-26-22(33)19(24)17(4)31/h15-20,27,29-31H,5-7,9-10,12-14,24H2,1-4H3,(H2,25,32)(H,26,33)/t15-,16?,17-,18?,19?,20+/m1/s1.